The van der Waals surface area contributed by atoms with E-state index >= 15 is 0 Å². The Morgan fingerprint density at radius 2 is 1.15 bits per heavy atom. The van der Waals surface area contributed by atoms with Crippen LogP contribution in [0.25, 0.3) is 82.9 Å². The number of para-hydroxylation sites is 3. The third-order valence-electron chi connectivity index (χ3n) is 10.4. The zero-order valence-corrected chi connectivity index (χ0v) is 26.8. The van der Waals surface area contributed by atoms with Gasteiger partial charge in [0.05, 0.1) is 22.1 Å². The fourth-order valence-corrected chi connectivity index (χ4v) is 8.01. The van der Waals surface area contributed by atoms with Gasteiger partial charge >= 0.3 is 0 Å². The molecule has 0 amide bonds. The molecule has 0 atom stereocenters. The monoisotopic (exact) mass is 613 g/mol. The lowest BCUT2D eigenvalue weighted by molar-refractivity contribution is 0.660. The average Bonchev–Trinajstić information content (AvgIpc) is 3.58. The van der Waals surface area contributed by atoms with Gasteiger partial charge in [0.15, 0.2) is 5.82 Å². The zero-order valence-electron chi connectivity index (χ0n) is 26.8. The summed E-state index contributed by atoms with van der Waals surface area (Å²) >= 11 is 0. The Balaban J connectivity index is 1.34. The number of hydrogen-bond donors (Lipinski definition) is 0. The second-order valence-electron chi connectivity index (χ2n) is 13.4. The summed E-state index contributed by atoms with van der Waals surface area (Å²) in [6.45, 7) is 4.70. The molecule has 48 heavy (non-hydrogen) atoms. The minimum Gasteiger partial charge on any atom is -0.291 e. The highest BCUT2D eigenvalue weighted by Gasteiger charge is 2.35. The minimum absolute atomic E-state index is 0.0927. The topological polar surface area (TPSA) is 30.7 Å². The van der Waals surface area contributed by atoms with E-state index in [2.05, 4.69) is 152 Å². The highest BCUT2D eigenvalue weighted by molar-refractivity contribution is 6.17. The molecule has 0 radical (unpaired) electrons. The Hall–Kier alpha value is -6.06. The van der Waals surface area contributed by atoms with Gasteiger partial charge in [-0.05, 0) is 68.9 Å². The lowest BCUT2D eigenvalue weighted by Gasteiger charge is -2.22. The van der Waals surface area contributed by atoms with Gasteiger partial charge in [0, 0.05) is 27.3 Å². The van der Waals surface area contributed by atoms with Gasteiger partial charge in [0.1, 0.15) is 5.69 Å². The lowest BCUT2D eigenvalue weighted by Crippen LogP contribution is -2.14. The van der Waals surface area contributed by atoms with Gasteiger partial charge in [-0.3, -0.25) is 4.57 Å². The van der Waals surface area contributed by atoms with Gasteiger partial charge in [-0.15, -0.1) is 0 Å². The van der Waals surface area contributed by atoms with E-state index in [0.29, 0.717) is 0 Å². The van der Waals surface area contributed by atoms with E-state index in [1.165, 1.54) is 54.9 Å². The summed E-state index contributed by atoms with van der Waals surface area (Å²) in [5.74, 6) is 0.830. The largest absolute Gasteiger partial charge is 0.291 e. The smallest absolute Gasteiger partial charge is 0.165 e. The van der Waals surface area contributed by atoms with E-state index in [1.807, 2.05) is 18.2 Å². The molecule has 226 valence electrons. The van der Waals surface area contributed by atoms with Crippen molar-refractivity contribution in [3.05, 3.63) is 163 Å². The Bertz CT molecular complexity index is 2750. The standard InChI is InChI=1S/C45H31N3/c1-45(2)37-20-9-8-17-33(37)34-24-23-31(26-38(34)45)32-18-12-19-35-36-25-29-15-6-7-16-30(29)27-41(36)48(43(32)35)44-42(28-13-4-3-5-14-28)46-39-21-10-11-22-40(39)47-44/h3-27H,1-2H3. The summed E-state index contributed by atoms with van der Waals surface area (Å²) in [4.78, 5) is 10.7. The van der Waals surface area contributed by atoms with E-state index in [0.717, 1.165) is 39.1 Å². The van der Waals surface area contributed by atoms with Crippen LogP contribution in [-0.2, 0) is 5.41 Å². The molecule has 0 spiro atoms. The fourth-order valence-electron chi connectivity index (χ4n) is 8.01. The number of fused-ring (bicyclic) bond motifs is 8. The highest BCUT2D eigenvalue weighted by Crippen LogP contribution is 2.50. The molecular weight excluding hydrogens is 583 g/mol. The van der Waals surface area contributed by atoms with Crippen LogP contribution in [0.5, 0.6) is 0 Å². The summed E-state index contributed by atoms with van der Waals surface area (Å²) in [5.41, 5.74) is 13.6. The molecule has 10 rings (SSSR count). The van der Waals surface area contributed by atoms with Crippen LogP contribution in [0.4, 0.5) is 0 Å². The Labute approximate surface area is 278 Å². The van der Waals surface area contributed by atoms with Crippen LogP contribution in [-0.4, -0.2) is 14.5 Å². The molecule has 1 aliphatic rings. The molecule has 0 saturated heterocycles. The molecule has 0 fully saturated rings. The van der Waals surface area contributed by atoms with Crippen LogP contribution in [0.15, 0.2) is 152 Å². The Morgan fingerprint density at radius 3 is 1.98 bits per heavy atom. The molecule has 3 heteroatoms. The molecule has 9 aromatic rings. The number of benzene rings is 7. The molecule has 0 bridgehead atoms. The van der Waals surface area contributed by atoms with Crippen LogP contribution >= 0.6 is 0 Å². The third-order valence-corrected chi connectivity index (χ3v) is 10.4. The highest BCUT2D eigenvalue weighted by atomic mass is 15.1. The summed E-state index contributed by atoms with van der Waals surface area (Å²) in [6, 6.07) is 54.6. The van der Waals surface area contributed by atoms with E-state index in [4.69, 9.17) is 9.97 Å². The molecule has 3 nitrogen and oxygen atoms in total. The predicted octanol–water partition coefficient (Wildman–Crippen LogP) is 11.5. The quantitative estimate of drug-likeness (QED) is 0.198. The van der Waals surface area contributed by atoms with Crippen LogP contribution in [0.3, 0.4) is 0 Å². The lowest BCUT2D eigenvalue weighted by atomic mass is 9.81. The zero-order chi connectivity index (χ0) is 32.0. The summed E-state index contributed by atoms with van der Waals surface area (Å²) < 4.78 is 2.38. The molecule has 0 aliphatic heterocycles. The van der Waals surface area contributed by atoms with Gasteiger partial charge in [0.25, 0.3) is 0 Å². The maximum Gasteiger partial charge on any atom is 0.165 e. The van der Waals surface area contributed by atoms with Crippen molar-refractivity contribution in [3.8, 4) is 39.3 Å². The Morgan fingerprint density at radius 1 is 0.479 bits per heavy atom. The first-order valence-corrected chi connectivity index (χ1v) is 16.6. The van der Waals surface area contributed by atoms with Gasteiger partial charge in [-0.2, -0.15) is 0 Å². The summed E-state index contributed by atoms with van der Waals surface area (Å²) in [5, 5.41) is 4.82. The van der Waals surface area contributed by atoms with Crippen molar-refractivity contribution in [2.24, 2.45) is 0 Å². The first kappa shape index (κ1) is 27.1. The van der Waals surface area contributed by atoms with Crippen molar-refractivity contribution in [1.29, 1.82) is 0 Å². The maximum atomic E-state index is 5.42. The number of aromatic nitrogens is 3. The molecule has 7 aromatic carbocycles. The molecule has 0 unspecified atom stereocenters. The number of nitrogens with zero attached hydrogens (tertiary/aromatic N) is 3. The van der Waals surface area contributed by atoms with Crippen LogP contribution < -0.4 is 0 Å². The third kappa shape index (κ3) is 3.82. The van der Waals surface area contributed by atoms with Crippen molar-refractivity contribution in [3.63, 3.8) is 0 Å². The van der Waals surface area contributed by atoms with E-state index in [-0.39, 0.29) is 5.41 Å². The van der Waals surface area contributed by atoms with E-state index < -0.39 is 0 Å². The second kappa shape index (κ2) is 9.97. The fraction of sp³-hybridized carbons (Fsp3) is 0.0667. The first-order valence-electron chi connectivity index (χ1n) is 16.6. The van der Waals surface area contributed by atoms with Gasteiger partial charge in [-0.1, -0.05) is 135 Å². The van der Waals surface area contributed by atoms with Crippen molar-refractivity contribution in [2.75, 3.05) is 0 Å². The second-order valence-corrected chi connectivity index (χ2v) is 13.4. The van der Waals surface area contributed by atoms with Crippen molar-refractivity contribution in [1.82, 2.24) is 14.5 Å². The van der Waals surface area contributed by atoms with Crippen LogP contribution in [0.1, 0.15) is 25.0 Å². The molecule has 2 aromatic heterocycles. The summed E-state index contributed by atoms with van der Waals surface area (Å²) in [6.07, 6.45) is 0. The van der Waals surface area contributed by atoms with Crippen molar-refractivity contribution >= 4 is 43.6 Å². The van der Waals surface area contributed by atoms with E-state index in [9.17, 15) is 0 Å². The molecule has 0 saturated carbocycles. The van der Waals surface area contributed by atoms with Gasteiger partial charge in [-0.25, -0.2) is 9.97 Å². The Kier molecular flexibility index (Phi) is 5.63. The van der Waals surface area contributed by atoms with Crippen LogP contribution in [0, 0.1) is 0 Å². The SMILES string of the molecule is CC1(C)c2ccccc2-c2ccc(-c3cccc4c5cc6ccccc6cc5n(-c5nc6ccccc6nc5-c5ccccc5)c34)cc21. The average molecular weight is 614 g/mol. The number of rotatable bonds is 3. The van der Waals surface area contributed by atoms with Gasteiger partial charge < -0.3 is 0 Å². The van der Waals surface area contributed by atoms with E-state index in [1.54, 1.807) is 0 Å². The van der Waals surface area contributed by atoms with Crippen LogP contribution in [0.2, 0.25) is 0 Å². The first-order chi connectivity index (χ1) is 23.6. The molecule has 2 heterocycles. The normalized spacial score (nSPS) is 13.4. The van der Waals surface area contributed by atoms with Crippen molar-refractivity contribution in [2.45, 2.75) is 19.3 Å². The van der Waals surface area contributed by atoms with Gasteiger partial charge in [0.2, 0.25) is 0 Å². The minimum atomic E-state index is -0.0927. The predicted molar refractivity (Wildman–Crippen MR) is 200 cm³/mol. The maximum absolute atomic E-state index is 5.42. The molecule has 1 aliphatic carbocycles. The van der Waals surface area contributed by atoms with Crippen molar-refractivity contribution < 1.29 is 0 Å². The molecular formula is C45H31N3. The summed E-state index contributed by atoms with van der Waals surface area (Å²) in [7, 11) is 0. The number of hydrogen-bond acceptors (Lipinski definition) is 2. The molecule has 0 N–H and O–H groups in total.